The molecule has 3 fully saturated rings. The average molecular weight is 264 g/mol. The average Bonchev–Trinajstić information content (AvgIpc) is 2.96. The van der Waals surface area contributed by atoms with E-state index in [9.17, 15) is 9.90 Å². The normalized spacial score (nSPS) is 58.6. The first kappa shape index (κ1) is 11.9. The Morgan fingerprint density at radius 1 is 1.42 bits per heavy atom. The standard InChI is InChI=1S/C15H20O4/c1-8-5-4-6-10-7-14-15(19-14,9(2)11(16)18-14)12(17)13(8,10)3/h6,8-9,12,17H,4-5,7H2,1-3H3. The summed E-state index contributed by atoms with van der Waals surface area (Å²) in [5.74, 6) is -1.09. The summed E-state index contributed by atoms with van der Waals surface area (Å²) in [6, 6.07) is 0. The largest absolute Gasteiger partial charge is 0.429 e. The van der Waals surface area contributed by atoms with Crippen LogP contribution in [0.3, 0.4) is 0 Å². The minimum absolute atomic E-state index is 0.235. The topological polar surface area (TPSA) is 59.1 Å². The number of hydrogen-bond donors (Lipinski definition) is 1. The summed E-state index contributed by atoms with van der Waals surface area (Å²) in [6.45, 7) is 6.11. The number of ether oxygens (including phenoxy) is 2. The second-order valence-electron chi connectivity index (χ2n) is 6.86. The van der Waals surface area contributed by atoms with Crippen LogP contribution in [0.1, 0.15) is 40.0 Å². The van der Waals surface area contributed by atoms with Crippen molar-refractivity contribution in [3.05, 3.63) is 11.6 Å². The van der Waals surface area contributed by atoms with Crippen molar-refractivity contribution in [2.24, 2.45) is 17.3 Å². The van der Waals surface area contributed by atoms with Crippen molar-refractivity contribution in [2.45, 2.75) is 57.5 Å². The van der Waals surface area contributed by atoms with Gasteiger partial charge in [0.05, 0.1) is 12.0 Å². The Balaban J connectivity index is 1.86. The van der Waals surface area contributed by atoms with E-state index in [0.717, 1.165) is 12.8 Å². The van der Waals surface area contributed by atoms with E-state index in [-0.39, 0.29) is 17.3 Å². The number of esters is 1. The van der Waals surface area contributed by atoms with Gasteiger partial charge in [-0.3, -0.25) is 4.79 Å². The van der Waals surface area contributed by atoms with Crippen molar-refractivity contribution >= 4 is 5.97 Å². The van der Waals surface area contributed by atoms with Gasteiger partial charge in [-0.15, -0.1) is 0 Å². The molecule has 6 unspecified atom stereocenters. The highest BCUT2D eigenvalue weighted by Gasteiger charge is 2.89. The zero-order chi connectivity index (χ0) is 13.6. The molecule has 4 aliphatic rings. The van der Waals surface area contributed by atoms with Crippen molar-refractivity contribution in [3.63, 3.8) is 0 Å². The van der Waals surface area contributed by atoms with Crippen molar-refractivity contribution in [2.75, 3.05) is 0 Å². The maximum Gasteiger partial charge on any atom is 0.314 e. The van der Waals surface area contributed by atoms with Gasteiger partial charge in [0.15, 0.2) is 5.60 Å². The van der Waals surface area contributed by atoms with E-state index >= 15 is 0 Å². The summed E-state index contributed by atoms with van der Waals surface area (Å²) < 4.78 is 11.3. The number of allylic oxidation sites excluding steroid dienone is 1. The Labute approximate surface area is 112 Å². The zero-order valence-electron chi connectivity index (χ0n) is 11.6. The van der Waals surface area contributed by atoms with Crippen molar-refractivity contribution in [1.29, 1.82) is 0 Å². The molecule has 4 nitrogen and oxygen atoms in total. The third kappa shape index (κ3) is 1.02. The lowest BCUT2D eigenvalue weighted by molar-refractivity contribution is -0.160. The minimum Gasteiger partial charge on any atom is -0.429 e. The molecule has 2 saturated heterocycles. The molecular weight excluding hydrogens is 244 g/mol. The van der Waals surface area contributed by atoms with Crippen LogP contribution in [0.4, 0.5) is 0 Å². The highest BCUT2D eigenvalue weighted by molar-refractivity contribution is 5.80. The fourth-order valence-corrected chi connectivity index (χ4v) is 4.65. The molecule has 0 radical (unpaired) electrons. The number of hydrogen-bond acceptors (Lipinski definition) is 4. The van der Waals surface area contributed by atoms with Gasteiger partial charge in [0.1, 0.15) is 0 Å². The monoisotopic (exact) mass is 264 g/mol. The Bertz CT molecular complexity index is 512. The van der Waals surface area contributed by atoms with E-state index in [4.69, 9.17) is 9.47 Å². The smallest absolute Gasteiger partial charge is 0.314 e. The van der Waals surface area contributed by atoms with E-state index < -0.39 is 17.5 Å². The molecule has 0 aromatic heterocycles. The first-order valence-corrected chi connectivity index (χ1v) is 7.19. The van der Waals surface area contributed by atoms with Crippen LogP contribution < -0.4 is 0 Å². The molecule has 2 aliphatic carbocycles. The third-order valence-electron chi connectivity index (χ3n) is 6.25. The lowest BCUT2D eigenvalue weighted by atomic mass is 9.55. The fraction of sp³-hybridized carbons (Fsp3) is 0.800. The number of fused-ring (bicyclic) bond motifs is 1. The second-order valence-corrected chi connectivity index (χ2v) is 6.86. The van der Waals surface area contributed by atoms with Crippen LogP contribution in [0.25, 0.3) is 0 Å². The maximum atomic E-state index is 11.9. The van der Waals surface area contributed by atoms with Gasteiger partial charge in [0.25, 0.3) is 5.79 Å². The van der Waals surface area contributed by atoms with Crippen LogP contribution in [0, 0.1) is 17.3 Å². The van der Waals surface area contributed by atoms with Crippen LogP contribution >= 0.6 is 0 Å². The lowest BCUT2D eigenvalue weighted by Gasteiger charge is -2.49. The number of rotatable bonds is 0. The van der Waals surface area contributed by atoms with E-state index in [1.165, 1.54) is 5.57 Å². The molecule has 4 rings (SSSR count). The number of aliphatic hydroxyl groups excluding tert-OH is 1. The lowest BCUT2D eigenvalue weighted by Crippen LogP contribution is -2.57. The predicted molar refractivity (Wildman–Crippen MR) is 67.0 cm³/mol. The summed E-state index contributed by atoms with van der Waals surface area (Å²) in [7, 11) is 0. The van der Waals surface area contributed by atoms with Crippen LogP contribution in [0.2, 0.25) is 0 Å². The molecule has 104 valence electrons. The van der Waals surface area contributed by atoms with Crippen LogP contribution in [-0.2, 0) is 14.3 Å². The Hall–Kier alpha value is -0.870. The fourth-order valence-electron chi connectivity index (χ4n) is 4.65. The third-order valence-corrected chi connectivity index (χ3v) is 6.25. The van der Waals surface area contributed by atoms with Crippen molar-refractivity contribution in [3.8, 4) is 0 Å². The van der Waals surface area contributed by atoms with Gasteiger partial charge in [-0.05, 0) is 25.7 Å². The summed E-state index contributed by atoms with van der Waals surface area (Å²) in [6.07, 6.45) is 4.27. The molecule has 6 atom stereocenters. The predicted octanol–water partition coefficient (Wildman–Crippen LogP) is 1.77. The molecule has 2 heterocycles. The van der Waals surface area contributed by atoms with Crippen LogP contribution in [0.5, 0.6) is 0 Å². The van der Waals surface area contributed by atoms with Crippen molar-refractivity contribution < 1.29 is 19.4 Å². The molecule has 2 aliphatic heterocycles. The van der Waals surface area contributed by atoms with Gasteiger partial charge in [-0.2, -0.15) is 0 Å². The minimum atomic E-state index is -0.870. The molecule has 19 heavy (non-hydrogen) atoms. The van der Waals surface area contributed by atoms with Gasteiger partial charge in [-0.25, -0.2) is 0 Å². The number of carbonyl (C=O) groups excluding carboxylic acids is 1. The zero-order valence-corrected chi connectivity index (χ0v) is 11.6. The summed E-state index contributed by atoms with van der Waals surface area (Å²) in [5.41, 5.74) is 0.108. The van der Waals surface area contributed by atoms with Gasteiger partial charge in [-0.1, -0.05) is 25.5 Å². The number of carbonyl (C=O) groups is 1. The summed E-state index contributed by atoms with van der Waals surface area (Å²) in [4.78, 5) is 11.9. The van der Waals surface area contributed by atoms with E-state index in [0.29, 0.717) is 12.3 Å². The van der Waals surface area contributed by atoms with E-state index in [1.54, 1.807) is 0 Å². The molecule has 0 aromatic rings. The highest BCUT2D eigenvalue weighted by atomic mass is 16.8. The number of aliphatic hydroxyl groups is 1. The first-order chi connectivity index (χ1) is 8.88. The van der Waals surface area contributed by atoms with Gasteiger partial charge in [0.2, 0.25) is 0 Å². The quantitative estimate of drug-likeness (QED) is 0.411. The van der Waals surface area contributed by atoms with Crippen molar-refractivity contribution in [1.82, 2.24) is 0 Å². The molecule has 0 spiro atoms. The molecule has 0 aromatic carbocycles. The van der Waals surface area contributed by atoms with E-state index in [2.05, 4.69) is 19.9 Å². The van der Waals surface area contributed by atoms with Crippen LogP contribution in [0.15, 0.2) is 11.6 Å². The summed E-state index contributed by atoms with van der Waals surface area (Å²) in [5, 5.41) is 11.0. The first-order valence-electron chi connectivity index (χ1n) is 7.19. The highest BCUT2D eigenvalue weighted by Crippen LogP contribution is 2.72. The maximum absolute atomic E-state index is 11.9. The molecule has 0 bridgehead atoms. The Kier molecular flexibility index (Phi) is 1.92. The molecular formula is C15H20O4. The van der Waals surface area contributed by atoms with Gasteiger partial charge in [0, 0.05) is 11.8 Å². The molecule has 1 N–H and O–H groups in total. The van der Waals surface area contributed by atoms with Crippen LogP contribution in [-0.4, -0.2) is 28.6 Å². The Morgan fingerprint density at radius 3 is 2.89 bits per heavy atom. The number of epoxide rings is 1. The van der Waals surface area contributed by atoms with Gasteiger partial charge < -0.3 is 14.6 Å². The second kappa shape index (κ2) is 3.07. The molecule has 4 heteroatoms. The summed E-state index contributed by atoms with van der Waals surface area (Å²) >= 11 is 0. The van der Waals surface area contributed by atoms with E-state index in [1.807, 2.05) is 6.92 Å². The van der Waals surface area contributed by atoms with Gasteiger partial charge >= 0.3 is 5.97 Å². The molecule has 0 amide bonds. The SMILES string of the molecule is CC1CCC=C2CC34OC(=O)C(C)C3(O4)C(O)C21C. The Morgan fingerprint density at radius 2 is 2.16 bits per heavy atom. The molecule has 1 saturated carbocycles.